The number of halogens is 3. The number of aromatic nitrogens is 4. The van der Waals surface area contributed by atoms with Gasteiger partial charge in [0.15, 0.2) is 5.65 Å². The molecule has 0 spiro atoms. The number of alkyl halides is 3. The van der Waals surface area contributed by atoms with E-state index in [0.717, 1.165) is 18.7 Å². The van der Waals surface area contributed by atoms with Gasteiger partial charge in [-0.1, -0.05) is 0 Å². The van der Waals surface area contributed by atoms with E-state index in [4.69, 9.17) is 0 Å². The van der Waals surface area contributed by atoms with Gasteiger partial charge in [0.05, 0.1) is 23.4 Å². The third-order valence-corrected chi connectivity index (χ3v) is 4.72. The molecule has 146 valence electrons. The first-order chi connectivity index (χ1) is 13.4. The summed E-state index contributed by atoms with van der Waals surface area (Å²) < 4.78 is 40.5. The van der Waals surface area contributed by atoms with E-state index in [-0.39, 0.29) is 11.8 Å². The summed E-state index contributed by atoms with van der Waals surface area (Å²) in [5.74, 6) is -0.158. The highest BCUT2D eigenvalue weighted by Gasteiger charge is 2.32. The van der Waals surface area contributed by atoms with Gasteiger partial charge in [-0.3, -0.25) is 14.2 Å². The van der Waals surface area contributed by atoms with Crippen LogP contribution in [0.2, 0.25) is 0 Å². The van der Waals surface area contributed by atoms with Crippen molar-refractivity contribution in [1.82, 2.24) is 19.6 Å². The lowest BCUT2D eigenvalue weighted by molar-refractivity contribution is -0.137. The van der Waals surface area contributed by atoms with Crippen LogP contribution in [0.25, 0.3) is 5.65 Å². The van der Waals surface area contributed by atoms with Crippen molar-refractivity contribution in [2.45, 2.75) is 19.0 Å². The third kappa shape index (κ3) is 3.62. The number of fused-ring (bicyclic) bond motifs is 1. The summed E-state index contributed by atoms with van der Waals surface area (Å²) >= 11 is 0. The van der Waals surface area contributed by atoms with Crippen LogP contribution in [0, 0.1) is 5.92 Å². The monoisotopic (exact) mass is 390 g/mol. The summed E-state index contributed by atoms with van der Waals surface area (Å²) in [5, 5.41) is 10.8. The molecule has 0 aromatic carbocycles. The maximum absolute atomic E-state index is 13.0. The fraction of sp³-hybridized carbons (Fsp3) is 0.333. The molecule has 1 fully saturated rings. The number of hydrogen-bond acceptors (Lipinski definition) is 5. The number of pyridine rings is 2. The summed E-state index contributed by atoms with van der Waals surface area (Å²) in [4.78, 5) is 18.3. The van der Waals surface area contributed by atoms with Crippen molar-refractivity contribution in [1.29, 1.82) is 0 Å². The van der Waals surface area contributed by atoms with Crippen LogP contribution in [0.15, 0.2) is 42.9 Å². The molecular formula is C18H17F3N6O. The van der Waals surface area contributed by atoms with Crippen LogP contribution >= 0.6 is 0 Å². The topological polar surface area (TPSA) is 75.4 Å². The van der Waals surface area contributed by atoms with E-state index in [1.165, 1.54) is 10.5 Å². The highest BCUT2D eigenvalue weighted by molar-refractivity contribution is 5.92. The molecule has 10 heteroatoms. The molecule has 1 N–H and O–H groups in total. The second-order valence-electron chi connectivity index (χ2n) is 6.66. The van der Waals surface area contributed by atoms with Crippen molar-refractivity contribution in [2.75, 3.05) is 23.3 Å². The fourth-order valence-corrected chi connectivity index (χ4v) is 3.32. The molecule has 0 unspecified atom stereocenters. The molecule has 1 aliphatic heterocycles. The molecule has 0 saturated carbocycles. The van der Waals surface area contributed by atoms with Crippen molar-refractivity contribution in [3.63, 3.8) is 0 Å². The Labute approximate surface area is 158 Å². The highest BCUT2D eigenvalue weighted by atomic mass is 19.4. The lowest BCUT2D eigenvalue weighted by Gasteiger charge is -2.32. The van der Waals surface area contributed by atoms with Gasteiger partial charge in [-0.15, -0.1) is 10.2 Å². The van der Waals surface area contributed by atoms with E-state index >= 15 is 0 Å². The van der Waals surface area contributed by atoms with Crippen LogP contribution in [0.5, 0.6) is 0 Å². The van der Waals surface area contributed by atoms with Crippen molar-refractivity contribution in [3.05, 3.63) is 48.4 Å². The number of amides is 1. The summed E-state index contributed by atoms with van der Waals surface area (Å²) in [6, 6.07) is 5.74. The number of piperidine rings is 1. The zero-order valence-corrected chi connectivity index (χ0v) is 14.7. The molecule has 4 heterocycles. The predicted molar refractivity (Wildman–Crippen MR) is 95.8 cm³/mol. The van der Waals surface area contributed by atoms with E-state index in [9.17, 15) is 18.0 Å². The molecule has 1 atom stereocenters. The first-order valence-corrected chi connectivity index (χ1v) is 8.79. The Morgan fingerprint density at radius 1 is 1.21 bits per heavy atom. The average Bonchev–Trinajstić information content (AvgIpc) is 3.11. The second kappa shape index (κ2) is 7.10. The van der Waals surface area contributed by atoms with E-state index < -0.39 is 11.7 Å². The van der Waals surface area contributed by atoms with Crippen molar-refractivity contribution >= 4 is 23.2 Å². The maximum Gasteiger partial charge on any atom is 0.417 e. The Balaban J connectivity index is 1.55. The Bertz CT molecular complexity index is 988. The highest BCUT2D eigenvalue weighted by Crippen LogP contribution is 2.30. The van der Waals surface area contributed by atoms with Gasteiger partial charge in [-0.2, -0.15) is 13.2 Å². The average molecular weight is 390 g/mol. The van der Waals surface area contributed by atoms with Gasteiger partial charge in [0.1, 0.15) is 0 Å². The zero-order valence-electron chi connectivity index (χ0n) is 14.7. The molecule has 1 aliphatic rings. The van der Waals surface area contributed by atoms with E-state index in [0.29, 0.717) is 36.8 Å². The predicted octanol–water partition coefficient (Wildman–Crippen LogP) is 3.00. The van der Waals surface area contributed by atoms with Crippen molar-refractivity contribution in [3.8, 4) is 0 Å². The van der Waals surface area contributed by atoms with Gasteiger partial charge in [-0.25, -0.2) is 0 Å². The van der Waals surface area contributed by atoms with E-state index in [2.05, 4.69) is 20.5 Å². The van der Waals surface area contributed by atoms with Crippen LogP contribution in [0.4, 0.5) is 24.8 Å². The van der Waals surface area contributed by atoms with Gasteiger partial charge >= 0.3 is 6.18 Å². The van der Waals surface area contributed by atoms with Crippen LogP contribution in [0.1, 0.15) is 18.4 Å². The normalized spacial score (nSPS) is 17.7. The summed E-state index contributed by atoms with van der Waals surface area (Å²) in [5.41, 5.74) is 0.154. The Morgan fingerprint density at radius 2 is 2.07 bits per heavy atom. The molecule has 1 saturated heterocycles. The Morgan fingerprint density at radius 3 is 2.82 bits per heavy atom. The Kier molecular flexibility index (Phi) is 4.62. The first kappa shape index (κ1) is 18.2. The number of nitrogens with zero attached hydrogens (tertiary/aromatic N) is 5. The smallest absolute Gasteiger partial charge is 0.340 e. The quantitative estimate of drug-likeness (QED) is 0.744. The summed E-state index contributed by atoms with van der Waals surface area (Å²) in [7, 11) is 0. The molecule has 4 rings (SSSR count). The van der Waals surface area contributed by atoms with Crippen LogP contribution in [-0.4, -0.2) is 38.6 Å². The minimum absolute atomic E-state index is 0.150. The zero-order chi connectivity index (χ0) is 19.7. The van der Waals surface area contributed by atoms with Gasteiger partial charge < -0.3 is 10.2 Å². The van der Waals surface area contributed by atoms with E-state index in [1.807, 2.05) is 0 Å². The van der Waals surface area contributed by atoms with E-state index in [1.54, 1.807) is 29.4 Å². The molecule has 3 aromatic heterocycles. The maximum atomic E-state index is 13.0. The second-order valence-corrected chi connectivity index (χ2v) is 6.66. The molecule has 28 heavy (non-hydrogen) atoms. The summed E-state index contributed by atoms with van der Waals surface area (Å²) in [6.45, 7) is 0.941. The van der Waals surface area contributed by atoms with Crippen LogP contribution < -0.4 is 10.2 Å². The molecule has 0 radical (unpaired) electrons. The van der Waals surface area contributed by atoms with Crippen LogP contribution in [-0.2, 0) is 11.0 Å². The van der Waals surface area contributed by atoms with Crippen molar-refractivity contribution in [2.24, 2.45) is 5.92 Å². The summed E-state index contributed by atoms with van der Waals surface area (Å²) in [6.07, 6.45) is 1.12. The fourth-order valence-electron chi connectivity index (χ4n) is 3.32. The largest absolute Gasteiger partial charge is 0.417 e. The standard InChI is InChI=1S/C18H17F3N6O/c19-18(20,21)13-5-6-15-24-25-17(27(15)11-13)26-8-2-3-12(10-26)16(28)23-14-4-1-7-22-9-14/h1,4-7,9,11-12H,2-3,8,10H2,(H,23,28)/t12-/m0/s1. The third-order valence-electron chi connectivity index (χ3n) is 4.72. The first-order valence-electron chi connectivity index (χ1n) is 8.79. The minimum atomic E-state index is -4.45. The lowest BCUT2D eigenvalue weighted by Crippen LogP contribution is -2.41. The lowest BCUT2D eigenvalue weighted by atomic mass is 9.97. The van der Waals surface area contributed by atoms with Crippen molar-refractivity contribution < 1.29 is 18.0 Å². The molecule has 1 amide bonds. The molecule has 0 bridgehead atoms. The molecular weight excluding hydrogens is 373 g/mol. The number of rotatable bonds is 3. The van der Waals surface area contributed by atoms with Gasteiger partial charge in [0.25, 0.3) is 0 Å². The molecule has 0 aliphatic carbocycles. The molecule has 3 aromatic rings. The minimum Gasteiger partial charge on any atom is -0.340 e. The number of carbonyl (C=O) groups excluding carboxylic acids is 1. The number of nitrogens with one attached hydrogen (secondary N) is 1. The number of hydrogen-bond donors (Lipinski definition) is 1. The van der Waals surface area contributed by atoms with Gasteiger partial charge in [0, 0.05) is 25.5 Å². The Hall–Kier alpha value is -3.17. The van der Waals surface area contributed by atoms with Gasteiger partial charge in [-0.05, 0) is 37.1 Å². The SMILES string of the molecule is O=C(Nc1cccnc1)[C@H]1CCCN(c2nnc3ccc(C(F)(F)F)cn23)C1. The van der Waals surface area contributed by atoms with Gasteiger partial charge in [0.2, 0.25) is 11.9 Å². The number of carbonyl (C=O) groups is 1. The molecule has 7 nitrogen and oxygen atoms in total. The van der Waals surface area contributed by atoms with Crippen LogP contribution in [0.3, 0.4) is 0 Å². The number of anilines is 2.